The Kier molecular flexibility index (Phi) is 1.18. The molecule has 0 amide bonds. The molecule has 4 nitrogen and oxygen atoms in total. The first-order valence-electron chi connectivity index (χ1n) is 3.30. The lowest BCUT2D eigenvalue weighted by Gasteiger charge is -1.91. The van der Waals surface area contributed by atoms with Crippen LogP contribution in [0.15, 0.2) is 24.5 Å². The zero-order valence-corrected chi connectivity index (χ0v) is 5.83. The molecule has 2 aromatic rings. The number of nitrogen functional groups attached to an aromatic ring is 1. The molecule has 0 spiro atoms. The van der Waals surface area contributed by atoms with Gasteiger partial charge in [-0.2, -0.15) is 5.10 Å². The zero-order valence-electron chi connectivity index (χ0n) is 5.83. The molecule has 0 atom stereocenters. The highest BCUT2D eigenvalue weighted by atomic mass is 15.1. The molecule has 2 aromatic heterocycles. The van der Waals surface area contributed by atoms with E-state index < -0.39 is 0 Å². The van der Waals surface area contributed by atoms with E-state index in [0.717, 1.165) is 11.3 Å². The van der Waals surface area contributed by atoms with Crippen LogP contribution in [-0.4, -0.2) is 15.2 Å². The van der Waals surface area contributed by atoms with Crippen LogP contribution in [-0.2, 0) is 0 Å². The second-order valence-corrected chi connectivity index (χ2v) is 2.28. The smallest absolute Gasteiger partial charge is 0.128 e. The molecule has 0 radical (unpaired) electrons. The zero-order chi connectivity index (χ0) is 7.68. The van der Waals surface area contributed by atoms with E-state index in [1.54, 1.807) is 6.20 Å². The Balaban J connectivity index is 2.53. The van der Waals surface area contributed by atoms with E-state index in [-0.39, 0.29) is 0 Å². The second kappa shape index (κ2) is 2.16. The fourth-order valence-electron chi connectivity index (χ4n) is 1.01. The Morgan fingerprint density at radius 3 is 2.91 bits per heavy atom. The van der Waals surface area contributed by atoms with Crippen molar-refractivity contribution in [1.82, 2.24) is 15.2 Å². The predicted octanol–water partition coefficient (Wildman–Crippen LogP) is 0.987. The number of aromatic amines is 2. The molecule has 11 heavy (non-hydrogen) atoms. The van der Waals surface area contributed by atoms with Crippen LogP contribution in [0, 0.1) is 0 Å². The van der Waals surface area contributed by atoms with Gasteiger partial charge in [0.05, 0.1) is 17.5 Å². The molecule has 0 saturated carbocycles. The summed E-state index contributed by atoms with van der Waals surface area (Å²) in [6.45, 7) is 0. The number of hydrogen-bond donors (Lipinski definition) is 3. The van der Waals surface area contributed by atoms with Gasteiger partial charge in [-0.1, -0.05) is 0 Å². The number of aromatic nitrogens is 3. The fourth-order valence-corrected chi connectivity index (χ4v) is 1.01. The van der Waals surface area contributed by atoms with E-state index in [9.17, 15) is 0 Å². The van der Waals surface area contributed by atoms with Crippen LogP contribution < -0.4 is 5.73 Å². The summed E-state index contributed by atoms with van der Waals surface area (Å²) >= 11 is 0. The number of H-pyrrole nitrogens is 2. The highest BCUT2D eigenvalue weighted by Crippen LogP contribution is 2.20. The average molecular weight is 148 g/mol. The molecule has 0 unspecified atom stereocenters. The standard InChI is InChI=1S/C7H8N4/c8-7-5(4-10-11-7)6-2-1-3-9-6/h1-4,9H,(H3,8,10,11). The Hall–Kier alpha value is -1.71. The SMILES string of the molecule is Nc1[nH]ncc1-c1ccc[nH]1. The van der Waals surface area contributed by atoms with Crippen molar-refractivity contribution < 1.29 is 0 Å². The molecule has 0 saturated heterocycles. The van der Waals surface area contributed by atoms with Crippen molar-refractivity contribution in [2.24, 2.45) is 0 Å². The van der Waals surface area contributed by atoms with Gasteiger partial charge in [-0.25, -0.2) is 0 Å². The molecule has 0 aromatic carbocycles. The first-order chi connectivity index (χ1) is 5.38. The van der Waals surface area contributed by atoms with E-state index in [1.807, 2.05) is 18.3 Å². The minimum atomic E-state index is 0.590. The molecule has 0 aliphatic carbocycles. The Bertz CT molecular complexity index is 333. The molecule has 0 fully saturated rings. The van der Waals surface area contributed by atoms with Crippen molar-refractivity contribution in [2.45, 2.75) is 0 Å². The largest absolute Gasteiger partial charge is 0.384 e. The lowest BCUT2D eigenvalue weighted by atomic mass is 10.2. The van der Waals surface area contributed by atoms with Gasteiger partial charge < -0.3 is 10.7 Å². The Morgan fingerprint density at radius 1 is 1.45 bits per heavy atom. The number of rotatable bonds is 1. The predicted molar refractivity (Wildman–Crippen MR) is 42.8 cm³/mol. The Morgan fingerprint density at radius 2 is 2.36 bits per heavy atom. The van der Waals surface area contributed by atoms with Gasteiger partial charge in [0.25, 0.3) is 0 Å². The normalized spacial score (nSPS) is 10.2. The van der Waals surface area contributed by atoms with Crippen molar-refractivity contribution in [3.8, 4) is 11.3 Å². The van der Waals surface area contributed by atoms with Gasteiger partial charge >= 0.3 is 0 Å². The number of hydrogen-bond acceptors (Lipinski definition) is 2. The van der Waals surface area contributed by atoms with Crippen LogP contribution in [0.1, 0.15) is 0 Å². The maximum atomic E-state index is 5.59. The van der Waals surface area contributed by atoms with Crippen LogP contribution in [0.4, 0.5) is 5.82 Å². The van der Waals surface area contributed by atoms with Crippen LogP contribution in [0.3, 0.4) is 0 Å². The quantitative estimate of drug-likeness (QED) is 0.564. The van der Waals surface area contributed by atoms with Crippen molar-refractivity contribution in [3.05, 3.63) is 24.5 Å². The summed E-state index contributed by atoms with van der Waals surface area (Å²) in [6, 6.07) is 3.86. The third-order valence-electron chi connectivity index (χ3n) is 1.56. The minimum Gasteiger partial charge on any atom is -0.384 e. The number of nitrogens with two attached hydrogens (primary N) is 1. The third-order valence-corrected chi connectivity index (χ3v) is 1.56. The maximum absolute atomic E-state index is 5.59. The molecule has 2 heterocycles. The van der Waals surface area contributed by atoms with Crippen molar-refractivity contribution in [1.29, 1.82) is 0 Å². The second-order valence-electron chi connectivity index (χ2n) is 2.28. The van der Waals surface area contributed by atoms with E-state index in [0.29, 0.717) is 5.82 Å². The van der Waals surface area contributed by atoms with Crippen molar-refractivity contribution >= 4 is 5.82 Å². The summed E-state index contributed by atoms with van der Waals surface area (Å²) in [5, 5.41) is 6.47. The first kappa shape index (κ1) is 6.03. The summed E-state index contributed by atoms with van der Waals surface area (Å²) < 4.78 is 0. The lowest BCUT2D eigenvalue weighted by Crippen LogP contribution is -1.86. The Labute approximate surface area is 63.4 Å². The van der Waals surface area contributed by atoms with Crippen LogP contribution >= 0.6 is 0 Å². The third kappa shape index (κ3) is 0.881. The molecule has 4 heteroatoms. The summed E-state index contributed by atoms with van der Waals surface area (Å²) in [7, 11) is 0. The summed E-state index contributed by atoms with van der Waals surface area (Å²) in [5.41, 5.74) is 7.49. The lowest BCUT2D eigenvalue weighted by molar-refractivity contribution is 1.10. The van der Waals surface area contributed by atoms with Crippen LogP contribution in [0.2, 0.25) is 0 Å². The van der Waals surface area contributed by atoms with Crippen LogP contribution in [0.25, 0.3) is 11.3 Å². The van der Waals surface area contributed by atoms with Gasteiger partial charge in [-0.15, -0.1) is 0 Å². The summed E-state index contributed by atoms with van der Waals surface area (Å²) in [4.78, 5) is 3.04. The van der Waals surface area contributed by atoms with Gasteiger partial charge in [0.2, 0.25) is 0 Å². The minimum absolute atomic E-state index is 0.590. The topological polar surface area (TPSA) is 70.5 Å². The van der Waals surface area contributed by atoms with Gasteiger partial charge in [0.1, 0.15) is 5.82 Å². The average Bonchev–Trinajstić information content (AvgIpc) is 2.55. The van der Waals surface area contributed by atoms with Crippen molar-refractivity contribution in [2.75, 3.05) is 5.73 Å². The summed E-state index contributed by atoms with van der Waals surface area (Å²) in [5.74, 6) is 0.590. The molecule has 2 rings (SSSR count). The number of nitrogens with one attached hydrogen (secondary N) is 2. The molecule has 0 aliphatic heterocycles. The maximum Gasteiger partial charge on any atom is 0.128 e. The molecular weight excluding hydrogens is 140 g/mol. The van der Waals surface area contributed by atoms with E-state index in [4.69, 9.17) is 5.73 Å². The summed E-state index contributed by atoms with van der Waals surface area (Å²) in [6.07, 6.45) is 3.54. The molecular formula is C7H8N4. The van der Waals surface area contributed by atoms with Gasteiger partial charge in [0.15, 0.2) is 0 Å². The molecule has 4 N–H and O–H groups in total. The number of anilines is 1. The molecule has 56 valence electrons. The van der Waals surface area contributed by atoms with Crippen molar-refractivity contribution in [3.63, 3.8) is 0 Å². The van der Waals surface area contributed by atoms with E-state index in [1.165, 1.54) is 0 Å². The van der Waals surface area contributed by atoms with Crippen LogP contribution in [0.5, 0.6) is 0 Å². The fraction of sp³-hybridized carbons (Fsp3) is 0. The van der Waals surface area contributed by atoms with Gasteiger partial charge in [-0.05, 0) is 12.1 Å². The number of nitrogens with zero attached hydrogens (tertiary/aromatic N) is 1. The highest BCUT2D eigenvalue weighted by molar-refractivity contribution is 5.69. The van der Waals surface area contributed by atoms with Gasteiger partial charge in [-0.3, -0.25) is 5.10 Å². The van der Waals surface area contributed by atoms with E-state index in [2.05, 4.69) is 15.2 Å². The van der Waals surface area contributed by atoms with E-state index >= 15 is 0 Å². The molecule has 0 aliphatic rings. The first-order valence-corrected chi connectivity index (χ1v) is 3.30. The highest BCUT2D eigenvalue weighted by Gasteiger charge is 2.02. The van der Waals surface area contributed by atoms with Gasteiger partial charge in [0, 0.05) is 6.20 Å². The monoisotopic (exact) mass is 148 g/mol. The molecule has 0 bridgehead atoms.